The fourth-order valence-corrected chi connectivity index (χ4v) is 3.85. The molecule has 0 saturated carbocycles. The van der Waals surface area contributed by atoms with Gasteiger partial charge in [-0.3, -0.25) is 0 Å². The minimum atomic E-state index is -0.941. The van der Waals surface area contributed by atoms with Crippen LogP contribution in [0.15, 0.2) is 42.5 Å². The summed E-state index contributed by atoms with van der Waals surface area (Å²) < 4.78 is 4.84. The van der Waals surface area contributed by atoms with E-state index >= 15 is 0 Å². The fourth-order valence-electron chi connectivity index (χ4n) is 3.85. The lowest BCUT2D eigenvalue weighted by Crippen LogP contribution is -2.43. The summed E-state index contributed by atoms with van der Waals surface area (Å²) in [6.45, 7) is 1.20. The average molecular weight is 355 g/mol. The number of piperidine rings is 1. The maximum atomic E-state index is 10.4. The van der Waals surface area contributed by atoms with Gasteiger partial charge in [-0.2, -0.15) is 0 Å². The van der Waals surface area contributed by atoms with Crippen molar-refractivity contribution in [3.05, 3.63) is 59.2 Å². The number of rotatable bonds is 2. The maximum absolute atomic E-state index is 10.4. The summed E-state index contributed by atoms with van der Waals surface area (Å²) in [5, 5.41) is 18.1. The lowest BCUT2D eigenvalue weighted by molar-refractivity contribution is 0.0696. The molecular weight excluding hydrogens is 330 g/mol. The van der Waals surface area contributed by atoms with Gasteiger partial charge < -0.3 is 19.8 Å². The second kappa shape index (κ2) is 7.79. The largest absolute Gasteiger partial charge is 0.508 e. The molecular formula is C21H25NO4. The van der Waals surface area contributed by atoms with Gasteiger partial charge in [-0.05, 0) is 80.2 Å². The van der Waals surface area contributed by atoms with Gasteiger partial charge >= 0.3 is 5.97 Å². The van der Waals surface area contributed by atoms with E-state index in [1.54, 1.807) is 12.1 Å². The van der Waals surface area contributed by atoms with Crippen molar-refractivity contribution in [2.24, 2.45) is 0 Å². The van der Waals surface area contributed by atoms with Crippen molar-refractivity contribution in [3.63, 3.8) is 0 Å². The van der Waals surface area contributed by atoms with E-state index in [4.69, 9.17) is 9.84 Å². The van der Waals surface area contributed by atoms with Crippen LogP contribution in [-0.4, -0.2) is 47.8 Å². The number of methoxy groups -OCH3 is 1. The number of fused-ring (bicyclic) bond motifs is 4. The Bertz CT molecular complexity index is 789. The number of carbonyl (C=O) groups is 1. The van der Waals surface area contributed by atoms with Gasteiger partial charge in [-0.15, -0.1) is 0 Å². The quantitative estimate of drug-likeness (QED) is 0.863. The predicted molar refractivity (Wildman–Crippen MR) is 100 cm³/mol. The van der Waals surface area contributed by atoms with Crippen molar-refractivity contribution < 1.29 is 19.7 Å². The minimum absolute atomic E-state index is 0.240. The highest BCUT2D eigenvalue weighted by Gasteiger charge is 2.33. The maximum Gasteiger partial charge on any atom is 0.335 e. The molecule has 1 aliphatic heterocycles. The summed E-state index contributed by atoms with van der Waals surface area (Å²) >= 11 is 0. The number of aromatic carboxylic acids is 1. The van der Waals surface area contributed by atoms with E-state index in [-0.39, 0.29) is 5.56 Å². The van der Waals surface area contributed by atoms with E-state index in [0.717, 1.165) is 12.5 Å². The second-order valence-electron chi connectivity index (χ2n) is 6.98. The normalized spacial score (nSPS) is 21.2. The zero-order valence-corrected chi connectivity index (χ0v) is 15.2. The van der Waals surface area contributed by atoms with Gasteiger partial charge in [0.25, 0.3) is 0 Å². The highest BCUT2D eigenvalue weighted by molar-refractivity contribution is 5.87. The van der Waals surface area contributed by atoms with E-state index in [9.17, 15) is 9.90 Å². The molecule has 1 saturated heterocycles. The lowest BCUT2D eigenvalue weighted by atomic mass is 9.75. The molecule has 26 heavy (non-hydrogen) atoms. The van der Waals surface area contributed by atoms with Gasteiger partial charge in [0.15, 0.2) is 0 Å². The SMILES string of the molecule is CN1CCC2CC1Cc1ccc(O)cc12.COc1cccc(C(=O)O)c1. The number of likely N-dealkylation sites (tertiary alicyclic amines) is 1. The van der Waals surface area contributed by atoms with Crippen LogP contribution in [0.1, 0.15) is 40.2 Å². The van der Waals surface area contributed by atoms with Crippen LogP contribution >= 0.6 is 0 Å². The fraction of sp³-hybridized carbons (Fsp3) is 0.381. The predicted octanol–water partition coefficient (Wildman–Crippen LogP) is 3.52. The number of carboxylic acid groups (broad SMARTS) is 1. The van der Waals surface area contributed by atoms with E-state index < -0.39 is 5.97 Å². The van der Waals surface area contributed by atoms with E-state index in [1.807, 2.05) is 12.1 Å². The summed E-state index contributed by atoms with van der Waals surface area (Å²) in [6.07, 6.45) is 3.67. The molecule has 138 valence electrons. The van der Waals surface area contributed by atoms with Crippen LogP contribution in [0.25, 0.3) is 0 Å². The highest BCUT2D eigenvalue weighted by atomic mass is 16.5. The zero-order valence-electron chi connectivity index (χ0n) is 15.2. The van der Waals surface area contributed by atoms with Gasteiger partial charge in [0.1, 0.15) is 11.5 Å². The van der Waals surface area contributed by atoms with E-state index in [2.05, 4.69) is 18.0 Å². The highest BCUT2D eigenvalue weighted by Crippen LogP contribution is 2.40. The summed E-state index contributed by atoms with van der Waals surface area (Å²) in [7, 11) is 3.73. The third kappa shape index (κ3) is 3.99. The van der Waals surface area contributed by atoms with Crippen LogP contribution in [0.4, 0.5) is 0 Å². The van der Waals surface area contributed by atoms with Gasteiger partial charge in [0.2, 0.25) is 0 Å². The molecule has 1 heterocycles. The number of hydrogen-bond acceptors (Lipinski definition) is 4. The average Bonchev–Trinajstić information content (AvgIpc) is 2.66. The molecule has 5 heteroatoms. The topological polar surface area (TPSA) is 70.0 Å². The first-order valence-corrected chi connectivity index (χ1v) is 8.87. The van der Waals surface area contributed by atoms with Crippen LogP contribution in [-0.2, 0) is 6.42 Å². The van der Waals surface area contributed by atoms with Crippen molar-refractivity contribution in [3.8, 4) is 11.5 Å². The number of likely N-dealkylation sites (N-methyl/N-ethyl adjacent to an activating group) is 1. The molecule has 1 fully saturated rings. The van der Waals surface area contributed by atoms with Gasteiger partial charge in [0, 0.05) is 6.04 Å². The molecule has 1 aliphatic carbocycles. The molecule has 0 aromatic heterocycles. The molecule has 2 N–H and O–H groups in total. The number of aromatic hydroxyl groups is 1. The molecule has 0 radical (unpaired) electrons. The Balaban J connectivity index is 0.000000160. The van der Waals surface area contributed by atoms with Gasteiger partial charge in [-0.25, -0.2) is 4.79 Å². The summed E-state index contributed by atoms with van der Waals surface area (Å²) in [5.74, 6) is 0.724. The molecule has 2 bridgehead atoms. The van der Waals surface area contributed by atoms with Crippen LogP contribution in [0.2, 0.25) is 0 Å². The Labute approximate surface area is 153 Å². The number of nitrogens with zero attached hydrogens (tertiary/aromatic N) is 1. The Kier molecular flexibility index (Phi) is 5.47. The smallest absolute Gasteiger partial charge is 0.335 e. The third-order valence-corrected chi connectivity index (χ3v) is 5.35. The summed E-state index contributed by atoms with van der Waals surface area (Å²) in [6, 6.07) is 13.0. The Morgan fingerprint density at radius 1 is 1.23 bits per heavy atom. The number of ether oxygens (including phenoxy) is 1. The van der Waals surface area contributed by atoms with Crippen LogP contribution in [0.3, 0.4) is 0 Å². The first-order valence-electron chi connectivity index (χ1n) is 8.87. The Morgan fingerprint density at radius 2 is 2.04 bits per heavy atom. The third-order valence-electron chi connectivity index (χ3n) is 5.35. The number of phenolic OH excluding ortho intramolecular Hbond substituents is 1. The molecule has 5 nitrogen and oxygen atoms in total. The number of benzene rings is 2. The standard InChI is InChI=1S/C13H17NO.C8H8O3/c1-14-5-4-10-7-11(14)6-9-2-3-12(15)8-13(9)10;1-11-7-4-2-3-6(5-7)8(9)10/h2-3,8,10-11,15H,4-7H2,1H3;2-5H,1H3,(H,9,10). The second-order valence-corrected chi connectivity index (χ2v) is 6.98. The lowest BCUT2D eigenvalue weighted by Gasteiger charge is -2.42. The van der Waals surface area contributed by atoms with Crippen LogP contribution in [0.5, 0.6) is 11.5 Å². The van der Waals surface area contributed by atoms with Gasteiger partial charge in [0.05, 0.1) is 12.7 Å². The summed E-state index contributed by atoms with van der Waals surface area (Å²) in [4.78, 5) is 12.9. The van der Waals surface area contributed by atoms with Crippen molar-refractivity contribution in [2.45, 2.75) is 31.2 Å². The van der Waals surface area contributed by atoms with Crippen molar-refractivity contribution in [1.82, 2.24) is 4.90 Å². The van der Waals surface area contributed by atoms with E-state index in [1.165, 1.54) is 49.8 Å². The molecule has 2 unspecified atom stereocenters. The molecule has 2 atom stereocenters. The molecule has 2 aliphatic rings. The monoisotopic (exact) mass is 355 g/mol. The Hall–Kier alpha value is -2.53. The van der Waals surface area contributed by atoms with Crippen LogP contribution < -0.4 is 4.74 Å². The molecule has 2 aromatic rings. The number of hydrogen-bond donors (Lipinski definition) is 2. The number of phenols is 1. The van der Waals surface area contributed by atoms with Crippen LogP contribution in [0, 0.1) is 0 Å². The van der Waals surface area contributed by atoms with Gasteiger partial charge in [-0.1, -0.05) is 12.1 Å². The van der Waals surface area contributed by atoms with Crippen molar-refractivity contribution >= 4 is 5.97 Å². The zero-order chi connectivity index (χ0) is 18.7. The van der Waals surface area contributed by atoms with Crippen molar-refractivity contribution in [2.75, 3.05) is 20.7 Å². The number of carboxylic acids is 1. The first kappa shape index (κ1) is 18.3. The Morgan fingerprint density at radius 3 is 2.77 bits per heavy atom. The minimum Gasteiger partial charge on any atom is -0.508 e. The molecule has 0 amide bonds. The first-order chi connectivity index (χ1) is 12.5. The van der Waals surface area contributed by atoms with E-state index in [0.29, 0.717) is 17.4 Å². The molecule has 0 spiro atoms. The summed E-state index contributed by atoms with van der Waals surface area (Å²) in [5.41, 5.74) is 3.09. The van der Waals surface area contributed by atoms with Crippen molar-refractivity contribution in [1.29, 1.82) is 0 Å². The molecule has 2 aromatic carbocycles. The molecule has 4 rings (SSSR count).